The highest BCUT2D eigenvalue weighted by molar-refractivity contribution is 5.58. The second-order valence-electron chi connectivity index (χ2n) is 4.96. The van der Waals surface area contributed by atoms with Crippen molar-refractivity contribution < 1.29 is 8.81 Å². The van der Waals surface area contributed by atoms with Gasteiger partial charge in [0.2, 0.25) is 0 Å². The van der Waals surface area contributed by atoms with Crippen LogP contribution in [0.15, 0.2) is 28.8 Å². The molecule has 0 saturated heterocycles. The third-order valence-corrected chi connectivity index (χ3v) is 3.11. The standard InChI is InChI=1S/C16H21FN2O/c1-3-8-18-9-4-5-16-19-11-15(20-16)13-10-12(2)6-7-14(13)17/h6-7,10-11,18H,3-5,8-9H2,1-2H3. The number of nitrogens with zero attached hydrogens (tertiary/aromatic N) is 1. The first-order chi connectivity index (χ1) is 9.70. The SMILES string of the molecule is CCCNCCCc1ncc(-c2cc(C)ccc2F)o1. The van der Waals surface area contributed by atoms with Gasteiger partial charge in [0.25, 0.3) is 0 Å². The van der Waals surface area contributed by atoms with Gasteiger partial charge in [-0.15, -0.1) is 0 Å². The van der Waals surface area contributed by atoms with Crippen molar-refractivity contribution >= 4 is 0 Å². The van der Waals surface area contributed by atoms with E-state index in [0.29, 0.717) is 17.2 Å². The molecule has 0 bridgehead atoms. The molecule has 0 aliphatic carbocycles. The number of benzene rings is 1. The topological polar surface area (TPSA) is 38.1 Å². The summed E-state index contributed by atoms with van der Waals surface area (Å²) in [4.78, 5) is 4.22. The van der Waals surface area contributed by atoms with Crippen LogP contribution in [0.25, 0.3) is 11.3 Å². The van der Waals surface area contributed by atoms with Crippen LogP contribution in [0.5, 0.6) is 0 Å². The van der Waals surface area contributed by atoms with E-state index in [1.807, 2.05) is 6.92 Å². The Balaban J connectivity index is 1.96. The van der Waals surface area contributed by atoms with Gasteiger partial charge in [-0.05, 0) is 45.0 Å². The van der Waals surface area contributed by atoms with Crippen molar-refractivity contribution in [3.8, 4) is 11.3 Å². The summed E-state index contributed by atoms with van der Waals surface area (Å²) in [6.45, 7) is 6.05. The molecule has 0 saturated carbocycles. The number of rotatable bonds is 7. The number of nitrogens with one attached hydrogen (secondary N) is 1. The average molecular weight is 276 g/mol. The number of aryl methyl sites for hydroxylation is 2. The Kier molecular flexibility index (Phi) is 5.30. The molecule has 1 aromatic heterocycles. The molecular formula is C16H21FN2O. The maximum atomic E-state index is 13.8. The first kappa shape index (κ1) is 14.7. The number of halogens is 1. The van der Waals surface area contributed by atoms with Gasteiger partial charge in [-0.25, -0.2) is 9.37 Å². The quantitative estimate of drug-likeness (QED) is 0.783. The molecule has 0 spiro atoms. The number of hydrogen-bond acceptors (Lipinski definition) is 3. The van der Waals surface area contributed by atoms with E-state index in [-0.39, 0.29) is 5.82 Å². The molecule has 3 nitrogen and oxygen atoms in total. The first-order valence-corrected chi connectivity index (χ1v) is 7.12. The van der Waals surface area contributed by atoms with E-state index in [1.165, 1.54) is 6.07 Å². The monoisotopic (exact) mass is 276 g/mol. The van der Waals surface area contributed by atoms with Gasteiger partial charge in [-0.1, -0.05) is 18.6 Å². The Bertz CT molecular complexity index is 551. The summed E-state index contributed by atoms with van der Waals surface area (Å²) in [6.07, 6.45) is 4.48. The molecule has 4 heteroatoms. The molecule has 108 valence electrons. The smallest absolute Gasteiger partial charge is 0.194 e. The Morgan fingerprint density at radius 1 is 1.30 bits per heavy atom. The van der Waals surface area contributed by atoms with Gasteiger partial charge in [-0.3, -0.25) is 0 Å². The minimum Gasteiger partial charge on any atom is -0.441 e. The van der Waals surface area contributed by atoms with Crippen molar-refractivity contribution in [1.29, 1.82) is 0 Å². The van der Waals surface area contributed by atoms with E-state index in [9.17, 15) is 4.39 Å². The van der Waals surface area contributed by atoms with Crippen LogP contribution in [0.2, 0.25) is 0 Å². The van der Waals surface area contributed by atoms with Crippen LogP contribution >= 0.6 is 0 Å². The van der Waals surface area contributed by atoms with Gasteiger partial charge in [-0.2, -0.15) is 0 Å². The van der Waals surface area contributed by atoms with Crippen LogP contribution in [0.1, 0.15) is 31.2 Å². The molecule has 0 fully saturated rings. The fraction of sp³-hybridized carbons (Fsp3) is 0.438. The van der Waals surface area contributed by atoms with E-state index in [0.717, 1.165) is 37.9 Å². The van der Waals surface area contributed by atoms with Gasteiger partial charge in [0.15, 0.2) is 11.7 Å². The second kappa shape index (κ2) is 7.20. The number of hydrogen-bond donors (Lipinski definition) is 1. The van der Waals surface area contributed by atoms with Crippen molar-refractivity contribution in [3.05, 3.63) is 41.7 Å². The summed E-state index contributed by atoms with van der Waals surface area (Å²) in [5, 5.41) is 3.33. The summed E-state index contributed by atoms with van der Waals surface area (Å²) >= 11 is 0. The second-order valence-corrected chi connectivity index (χ2v) is 4.96. The lowest BCUT2D eigenvalue weighted by Gasteiger charge is -2.01. The van der Waals surface area contributed by atoms with Crippen molar-refractivity contribution in [2.24, 2.45) is 0 Å². The molecule has 2 aromatic rings. The molecule has 2 rings (SSSR count). The van der Waals surface area contributed by atoms with Gasteiger partial charge >= 0.3 is 0 Å². The average Bonchev–Trinajstić information content (AvgIpc) is 2.90. The summed E-state index contributed by atoms with van der Waals surface area (Å²) in [5.41, 5.74) is 1.48. The van der Waals surface area contributed by atoms with Gasteiger partial charge < -0.3 is 9.73 Å². The van der Waals surface area contributed by atoms with Crippen molar-refractivity contribution in [3.63, 3.8) is 0 Å². The number of oxazole rings is 1. The Labute approximate surface area is 119 Å². The normalized spacial score (nSPS) is 10.9. The largest absolute Gasteiger partial charge is 0.441 e. The maximum absolute atomic E-state index is 13.8. The van der Waals surface area contributed by atoms with Crippen LogP contribution in [-0.4, -0.2) is 18.1 Å². The zero-order valence-corrected chi connectivity index (χ0v) is 12.1. The van der Waals surface area contributed by atoms with Crippen LogP contribution in [0.3, 0.4) is 0 Å². The fourth-order valence-corrected chi connectivity index (χ4v) is 2.04. The minimum absolute atomic E-state index is 0.275. The van der Waals surface area contributed by atoms with Gasteiger partial charge in [0.05, 0.1) is 11.8 Å². The van der Waals surface area contributed by atoms with E-state index < -0.39 is 0 Å². The highest BCUT2D eigenvalue weighted by atomic mass is 19.1. The molecule has 0 unspecified atom stereocenters. The van der Waals surface area contributed by atoms with Crippen molar-refractivity contribution in [2.45, 2.75) is 33.1 Å². The van der Waals surface area contributed by atoms with E-state index >= 15 is 0 Å². The summed E-state index contributed by atoms with van der Waals surface area (Å²) in [6, 6.07) is 4.99. The molecule has 0 aliphatic rings. The molecule has 0 atom stereocenters. The predicted octanol–water partition coefficient (Wildman–Crippen LogP) is 3.72. The van der Waals surface area contributed by atoms with Crippen LogP contribution < -0.4 is 5.32 Å². The maximum Gasteiger partial charge on any atom is 0.194 e. The molecular weight excluding hydrogens is 255 g/mol. The van der Waals surface area contributed by atoms with Crippen LogP contribution in [0.4, 0.5) is 4.39 Å². The van der Waals surface area contributed by atoms with Gasteiger partial charge in [0, 0.05) is 6.42 Å². The highest BCUT2D eigenvalue weighted by Gasteiger charge is 2.11. The third-order valence-electron chi connectivity index (χ3n) is 3.11. The van der Waals surface area contributed by atoms with E-state index in [1.54, 1.807) is 18.3 Å². The van der Waals surface area contributed by atoms with Crippen molar-refractivity contribution in [2.75, 3.05) is 13.1 Å². The first-order valence-electron chi connectivity index (χ1n) is 7.12. The lowest BCUT2D eigenvalue weighted by Crippen LogP contribution is -2.16. The minimum atomic E-state index is -0.275. The molecule has 0 radical (unpaired) electrons. The highest BCUT2D eigenvalue weighted by Crippen LogP contribution is 2.24. The molecule has 1 N–H and O–H groups in total. The van der Waals surface area contributed by atoms with Crippen LogP contribution in [-0.2, 0) is 6.42 Å². The van der Waals surface area contributed by atoms with Gasteiger partial charge in [0.1, 0.15) is 5.82 Å². The molecule has 20 heavy (non-hydrogen) atoms. The summed E-state index contributed by atoms with van der Waals surface area (Å²) in [5.74, 6) is 0.893. The summed E-state index contributed by atoms with van der Waals surface area (Å²) < 4.78 is 19.4. The third kappa shape index (κ3) is 3.90. The number of aromatic nitrogens is 1. The summed E-state index contributed by atoms with van der Waals surface area (Å²) in [7, 11) is 0. The Hall–Kier alpha value is -1.68. The van der Waals surface area contributed by atoms with Crippen LogP contribution in [0, 0.1) is 12.7 Å². The fourth-order valence-electron chi connectivity index (χ4n) is 2.04. The molecule has 0 aliphatic heterocycles. The molecule has 0 amide bonds. The molecule has 1 heterocycles. The van der Waals surface area contributed by atoms with E-state index in [2.05, 4.69) is 17.2 Å². The lowest BCUT2D eigenvalue weighted by atomic mass is 10.1. The Morgan fingerprint density at radius 3 is 2.95 bits per heavy atom. The zero-order valence-electron chi connectivity index (χ0n) is 12.1. The van der Waals surface area contributed by atoms with Crippen molar-refractivity contribution in [1.82, 2.24) is 10.3 Å². The van der Waals surface area contributed by atoms with E-state index in [4.69, 9.17) is 4.42 Å². The molecule has 1 aromatic carbocycles. The lowest BCUT2D eigenvalue weighted by molar-refractivity contribution is 0.488. The zero-order chi connectivity index (χ0) is 14.4. The Morgan fingerprint density at radius 2 is 2.15 bits per heavy atom. The predicted molar refractivity (Wildman–Crippen MR) is 78.1 cm³/mol.